The fourth-order valence-electron chi connectivity index (χ4n) is 2.45. The molecule has 1 aromatic carbocycles. The molecule has 4 aromatic rings. The number of aromatic nitrogens is 3. The van der Waals surface area contributed by atoms with Gasteiger partial charge in [-0.05, 0) is 30.0 Å². The Balaban J connectivity index is 1.81. The Morgan fingerprint density at radius 3 is 2.68 bits per heavy atom. The summed E-state index contributed by atoms with van der Waals surface area (Å²) in [4.78, 5) is 30.2. The number of nitrogens with zero attached hydrogens (tertiary/aromatic N) is 3. The fourth-order valence-corrected chi connectivity index (χ4v) is 4.08. The van der Waals surface area contributed by atoms with Crippen molar-refractivity contribution in [3.8, 4) is 0 Å². The summed E-state index contributed by atoms with van der Waals surface area (Å²) in [6, 6.07) is 11.7. The van der Waals surface area contributed by atoms with Crippen molar-refractivity contribution in [2.24, 2.45) is 0 Å². The quantitative estimate of drug-likeness (QED) is 0.556. The van der Waals surface area contributed by atoms with Crippen molar-refractivity contribution in [3.63, 3.8) is 0 Å². The van der Waals surface area contributed by atoms with Gasteiger partial charge in [0.05, 0.1) is 4.53 Å². The second kappa shape index (κ2) is 6.34. The molecule has 0 N–H and O–H groups in total. The molecular weight excluding hydrogens is 354 g/mol. The minimum absolute atomic E-state index is 0.244. The van der Waals surface area contributed by atoms with Gasteiger partial charge in [0, 0.05) is 11.3 Å². The molecule has 5 nitrogen and oxygen atoms in total. The first-order valence-corrected chi connectivity index (χ1v) is 9.33. The van der Waals surface area contributed by atoms with Gasteiger partial charge in [-0.1, -0.05) is 47.2 Å². The van der Waals surface area contributed by atoms with Crippen molar-refractivity contribution >= 4 is 33.7 Å². The van der Waals surface area contributed by atoms with E-state index in [1.165, 1.54) is 15.9 Å². The predicted octanol–water partition coefficient (Wildman–Crippen LogP) is 2.02. The van der Waals surface area contributed by atoms with Gasteiger partial charge in [0.1, 0.15) is 5.69 Å². The molecule has 0 spiro atoms. The lowest BCUT2D eigenvalue weighted by Crippen LogP contribution is -2.27. The third kappa shape index (κ3) is 3.16. The van der Waals surface area contributed by atoms with Crippen LogP contribution < -0.4 is 15.7 Å². The van der Waals surface area contributed by atoms with Gasteiger partial charge < -0.3 is 0 Å². The van der Waals surface area contributed by atoms with Crippen molar-refractivity contribution in [1.29, 1.82) is 0 Å². The number of hydrogen-bond acceptors (Lipinski definition) is 6. The highest BCUT2D eigenvalue weighted by Crippen LogP contribution is 2.10. The van der Waals surface area contributed by atoms with Gasteiger partial charge in [0.15, 0.2) is 0 Å². The summed E-state index contributed by atoms with van der Waals surface area (Å²) in [6.45, 7) is 2.01. The molecule has 4 rings (SSSR count). The molecule has 0 aliphatic carbocycles. The lowest BCUT2D eigenvalue weighted by Gasteiger charge is -2.01. The third-order valence-corrected chi connectivity index (χ3v) is 5.54. The van der Waals surface area contributed by atoms with Crippen LogP contribution in [0.1, 0.15) is 21.7 Å². The van der Waals surface area contributed by atoms with E-state index >= 15 is 0 Å². The Labute approximate surface area is 150 Å². The highest BCUT2D eigenvalue weighted by Gasteiger charge is 2.11. The summed E-state index contributed by atoms with van der Waals surface area (Å²) < 4.78 is 1.75. The summed E-state index contributed by atoms with van der Waals surface area (Å²) >= 11 is 2.73. The van der Waals surface area contributed by atoms with E-state index in [0.29, 0.717) is 15.9 Å². The maximum absolute atomic E-state index is 12.6. The van der Waals surface area contributed by atoms with Crippen LogP contribution in [0.4, 0.5) is 0 Å². The van der Waals surface area contributed by atoms with Crippen LogP contribution >= 0.6 is 22.7 Å². The SMILES string of the molecule is Cc1ccc(Cc2nn3c(=O)/c(=C\c4cccs4)sc3nc2=O)cc1. The minimum atomic E-state index is -0.385. The van der Waals surface area contributed by atoms with Crippen molar-refractivity contribution in [2.45, 2.75) is 13.3 Å². The largest absolute Gasteiger partial charge is 0.296 e. The number of thiazole rings is 1. The number of aryl methyl sites for hydroxylation is 1. The normalized spacial score (nSPS) is 12.1. The van der Waals surface area contributed by atoms with Gasteiger partial charge >= 0.3 is 0 Å². The van der Waals surface area contributed by atoms with Crippen molar-refractivity contribution in [2.75, 3.05) is 0 Å². The Bertz CT molecular complexity index is 1210. The van der Waals surface area contributed by atoms with Gasteiger partial charge in [0.25, 0.3) is 11.1 Å². The predicted molar refractivity (Wildman–Crippen MR) is 100 cm³/mol. The number of benzene rings is 1. The first-order chi connectivity index (χ1) is 12.1. The van der Waals surface area contributed by atoms with Crippen LogP contribution in [-0.4, -0.2) is 14.6 Å². The summed E-state index contributed by atoms with van der Waals surface area (Å²) in [6.07, 6.45) is 2.16. The number of rotatable bonds is 3. The first-order valence-electron chi connectivity index (χ1n) is 7.64. The standard InChI is InChI=1S/C18H13N3O2S2/c1-11-4-6-12(7-5-11)9-14-16(22)19-18-21(20-14)17(23)15(25-18)10-13-3-2-8-24-13/h2-8,10H,9H2,1H3/b15-10+. The first kappa shape index (κ1) is 15.9. The molecule has 0 aliphatic heterocycles. The van der Waals surface area contributed by atoms with Crippen LogP contribution in [0.25, 0.3) is 11.0 Å². The van der Waals surface area contributed by atoms with Gasteiger partial charge in [-0.3, -0.25) is 9.59 Å². The highest BCUT2D eigenvalue weighted by atomic mass is 32.1. The molecule has 0 bridgehead atoms. The van der Waals surface area contributed by atoms with E-state index in [2.05, 4.69) is 10.1 Å². The summed E-state index contributed by atoms with van der Waals surface area (Å²) in [5.74, 6) is 0. The molecule has 0 saturated heterocycles. The van der Waals surface area contributed by atoms with E-state index in [0.717, 1.165) is 16.0 Å². The maximum atomic E-state index is 12.6. The van der Waals surface area contributed by atoms with Gasteiger partial charge in [0.2, 0.25) is 4.96 Å². The average Bonchev–Trinajstić information content (AvgIpc) is 3.20. The monoisotopic (exact) mass is 367 g/mol. The molecule has 0 unspecified atom stereocenters. The van der Waals surface area contributed by atoms with Crippen LogP contribution in [0.2, 0.25) is 0 Å². The number of thiophene rings is 1. The molecule has 3 aromatic heterocycles. The van der Waals surface area contributed by atoms with Crippen LogP contribution in [-0.2, 0) is 6.42 Å². The van der Waals surface area contributed by atoms with E-state index in [4.69, 9.17) is 0 Å². The maximum Gasteiger partial charge on any atom is 0.296 e. The second-order valence-electron chi connectivity index (χ2n) is 5.65. The van der Waals surface area contributed by atoms with E-state index in [-0.39, 0.29) is 16.8 Å². The lowest BCUT2D eigenvalue weighted by molar-refractivity contribution is 0.811. The van der Waals surface area contributed by atoms with Gasteiger partial charge in [-0.25, -0.2) is 0 Å². The Kier molecular flexibility index (Phi) is 4.03. The molecule has 0 aliphatic rings. The van der Waals surface area contributed by atoms with Gasteiger partial charge in [-0.2, -0.15) is 14.6 Å². The Morgan fingerprint density at radius 1 is 1.16 bits per heavy atom. The van der Waals surface area contributed by atoms with E-state index < -0.39 is 0 Å². The zero-order valence-corrected chi connectivity index (χ0v) is 14.9. The van der Waals surface area contributed by atoms with Crippen molar-refractivity contribution in [3.05, 3.63) is 88.7 Å². The molecule has 7 heteroatoms. The van der Waals surface area contributed by atoms with E-state index in [9.17, 15) is 9.59 Å². The zero-order valence-electron chi connectivity index (χ0n) is 13.3. The summed E-state index contributed by atoms with van der Waals surface area (Å²) in [5.41, 5.74) is 1.76. The highest BCUT2D eigenvalue weighted by molar-refractivity contribution is 7.15. The van der Waals surface area contributed by atoms with Crippen molar-refractivity contribution in [1.82, 2.24) is 14.6 Å². The van der Waals surface area contributed by atoms with E-state index in [1.807, 2.05) is 48.7 Å². The molecule has 0 radical (unpaired) electrons. The Morgan fingerprint density at radius 2 is 1.96 bits per heavy atom. The molecule has 0 amide bonds. The number of fused-ring (bicyclic) bond motifs is 1. The zero-order chi connectivity index (χ0) is 17.4. The summed E-state index contributed by atoms with van der Waals surface area (Å²) in [7, 11) is 0. The molecule has 0 saturated carbocycles. The molecule has 0 atom stereocenters. The van der Waals surface area contributed by atoms with Crippen LogP contribution in [0.5, 0.6) is 0 Å². The van der Waals surface area contributed by atoms with E-state index in [1.54, 1.807) is 17.4 Å². The van der Waals surface area contributed by atoms with Crippen molar-refractivity contribution < 1.29 is 0 Å². The molecule has 124 valence electrons. The minimum Gasteiger partial charge on any atom is -0.266 e. The topological polar surface area (TPSA) is 64.3 Å². The second-order valence-corrected chi connectivity index (χ2v) is 7.64. The molecule has 0 fully saturated rings. The fraction of sp³-hybridized carbons (Fsp3) is 0.111. The lowest BCUT2D eigenvalue weighted by atomic mass is 10.1. The van der Waals surface area contributed by atoms with Gasteiger partial charge in [-0.15, -0.1) is 11.3 Å². The average molecular weight is 367 g/mol. The van der Waals surface area contributed by atoms with Crippen LogP contribution in [0.3, 0.4) is 0 Å². The molecular formula is C18H13N3O2S2. The van der Waals surface area contributed by atoms with Crippen LogP contribution in [0, 0.1) is 6.92 Å². The molecule has 3 heterocycles. The number of hydrogen-bond donors (Lipinski definition) is 0. The Hall–Kier alpha value is -2.64. The smallest absolute Gasteiger partial charge is 0.266 e. The third-order valence-electron chi connectivity index (χ3n) is 3.76. The molecule has 25 heavy (non-hydrogen) atoms. The summed E-state index contributed by atoms with van der Waals surface area (Å²) in [5, 5.41) is 6.21. The van der Waals surface area contributed by atoms with Crippen LogP contribution in [0.15, 0.2) is 51.4 Å².